The van der Waals surface area contributed by atoms with Gasteiger partial charge in [0.25, 0.3) is 5.91 Å². The van der Waals surface area contributed by atoms with Crippen molar-refractivity contribution in [3.63, 3.8) is 0 Å². The Morgan fingerprint density at radius 2 is 1.68 bits per heavy atom. The first-order valence-electron chi connectivity index (χ1n) is 9.40. The zero-order valence-electron chi connectivity index (χ0n) is 16.4. The van der Waals surface area contributed by atoms with E-state index in [-0.39, 0.29) is 17.3 Å². The predicted octanol–water partition coefficient (Wildman–Crippen LogP) is 5.72. The molecule has 1 fully saturated rings. The highest BCUT2D eigenvalue weighted by Gasteiger charge is 2.36. The number of benzene rings is 3. The van der Waals surface area contributed by atoms with Gasteiger partial charge in [0.05, 0.1) is 21.8 Å². The summed E-state index contributed by atoms with van der Waals surface area (Å²) in [5, 5.41) is 9.66. The molecule has 7 heteroatoms. The van der Waals surface area contributed by atoms with Crippen LogP contribution < -0.4 is 4.90 Å². The van der Waals surface area contributed by atoms with Crippen LogP contribution in [0.1, 0.15) is 22.8 Å². The maximum absolute atomic E-state index is 13.4. The van der Waals surface area contributed by atoms with Crippen LogP contribution in [0.2, 0.25) is 0 Å². The standard InChI is InChI=1S/C24H17FN2O3S/c1-15(16-10-12-18(25)13-11-16)21-22(28)27(20-8-3-2-4-9-20)24(31-21)26-19-7-5-6-17(14-19)23(29)30/h2-14H,1H3,(H,29,30)/b21-15-,26-24?. The fourth-order valence-electron chi connectivity index (χ4n) is 3.13. The van der Waals surface area contributed by atoms with E-state index in [4.69, 9.17) is 0 Å². The Bertz CT molecular complexity index is 1220. The van der Waals surface area contributed by atoms with Gasteiger partial charge in [-0.05, 0) is 72.3 Å². The van der Waals surface area contributed by atoms with Gasteiger partial charge >= 0.3 is 5.97 Å². The average molecular weight is 432 g/mol. The molecule has 1 N–H and O–H groups in total. The topological polar surface area (TPSA) is 70.0 Å². The van der Waals surface area contributed by atoms with Crippen LogP contribution in [0.15, 0.2) is 88.8 Å². The van der Waals surface area contributed by atoms with E-state index >= 15 is 0 Å². The molecule has 1 heterocycles. The number of carboxylic acid groups (broad SMARTS) is 1. The first-order chi connectivity index (χ1) is 14.9. The number of para-hydroxylation sites is 1. The summed E-state index contributed by atoms with van der Waals surface area (Å²) in [5.74, 6) is -1.64. The molecule has 0 saturated carbocycles. The lowest BCUT2D eigenvalue weighted by Crippen LogP contribution is -2.28. The fraction of sp³-hybridized carbons (Fsp3) is 0.0417. The Morgan fingerprint density at radius 3 is 2.35 bits per heavy atom. The van der Waals surface area contributed by atoms with Crippen molar-refractivity contribution in [2.45, 2.75) is 6.92 Å². The third kappa shape index (κ3) is 4.27. The van der Waals surface area contributed by atoms with E-state index in [0.29, 0.717) is 27.0 Å². The number of carbonyl (C=O) groups excluding carboxylic acids is 1. The number of amides is 1. The molecule has 3 aromatic carbocycles. The highest BCUT2D eigenvalue weighted by atomic mass is 32.2. The first kappa shape index (κ1) is 20.6. The van der Waals surface area contributed by atoms with E-state index in [2.05, 4.69) is 4.99 Å². The number of allylic oxidation sites excluding steroid dienone is 1. The zero-order valence-corrected chi connectivity index (χ0v) is 17.3. The maximum atomic E-state index is 13.4. The molecule has 0 spiro atoms. The van der Waals surface area contributed by atoms with Gasteiger partial charge in [0.2, 0.25) is 0 Å². The molecule has 1 aliphatic heterocycles. The molecule has 1 aliphatic rings. The molecule has 0 bridgehead atoms. The minimum Gasteiger partial charge on any atom is -0.478 e. The lowest BCUT2D eigenvalue weighted by Gasteiger charge is -2.15. The molecule has 0 aliphatic carbocycles. The van der Waals surface area contributed by atoms with Gasteiger partial charge in [-0.25, -0.2) is 14.2 Å². The normalized spacial score (nSPS) is 16.6. The highest BCUT2D eigenvalue weighted by Crippen LogP contribution is 2.40. The highest BCUT2D eigenvalue weighted by molar-refractivity contribution is 8.19. The Morgan fingerprint density at radius 1 is 0.968 bits per heavy atom. The van der Waals surface area contributed by atoms with E-state index < -0.39 is 5.97 Å². The monoisotopic (exact) mass is 432 g/mol. The average Bonchev–Trinajstić information content (AvgIpc) is 3.10. The molecule has 0 atom stereocenters. The van der Waals surface area contributed by atoms with Crippen LogP contribution in [0, 0.1) is 5.82 Å². The van der Waals surface area contributed by atoms with Crippen LogP contribution in [0.5, 0.6) is 0 Å². The number of halogens is 1. The third-order valence-electron chi connectivity index (χ3n) is 4.73. The molecule has 0 unspecified atom stereocenters. The summed E-state index contributed by atoms with van der Waals surface area (Å²) >= 11 is 1.20. The number of rotatable bonds is 4. The Labute approximate surface area is 182 Å². The molecular formula is C24H17FN2O3S. The molecule has 0 aromatic heterocycles. The fourth-order valence-corrected chi connectivity index (χ4v) is 4.20. The van der Waals surface area contributed by atoms with Gasteiger partial charge in [0.1, 0.15) is 5.82 Å². The zero-order chi connectivity index (χ0) is 22.0. The van der Waals surface area contributed by atoms with E-state index in [1.165, 1.54) is 40.9 Å². The number of carbonyl (C=O) groups is 2. The van der Waals surface area contributed by atoms with Gasteiger partial charge in [-0.15, -0.1) is 0 Å². The Hall–Kier alpha value is -3.71. The number of carboxylic acids is 1. The minimum atomic E-state index is -1.05. The van der Waals surface area contributed by atoms with E-state index in [9.17, 15) is 19.1 Å². The van der Waals surface area contributed by atoms with Gasteiger partial charge in [0, 0.05) is 0 Å². The van der Waals surface area contributed by atoms with Crippen LogP contribution in [-0.4, -0.2) is 22.2 Å². The van der Waals surface area contributed by atoms with Gasteiger partial charge < -0.3 is 5.11 Å². The van der Waals surface area contributed by atoms with Crippen LogP contribution in [-0.2, 0) is 4.79 Å². The number of aromatic carboxylic acids is 1. The second-order valence-electron chi connectivity index (χ2n) is 6.79. The number of thioether (sulfide) groups is 1. The van der Waals surface area contributed by atoms with Gasteiger partial charge in [-0.2, -0.15) is 0 Å². The molecule has 0 radical (unpaired) electrons. The SMILES string of the molecule is C/C(=C1/SC(=Nc2cccc(C(=O)O)c2)N(c2ccccc2)C1=O)c1ccc(F)cc1. The molecule has 154 valence electrons. The molecule has 3 aromatic rings. The van der Waals surface area contributed by atoms with Crippen molar-refractivity contribution in [1.29, 1.82) is 0 Å². The summed E-state index contributed by atoms with van der Waals surface area (Å²) in [6.45, 7) is 1.81. The van der Waals surface area contributed by atoms with Crippen molar-refractivity contribution >= 4 is 45.8 Å². The van der Waals surface area contributed by atoms with E-state index in [1.54, 1.807) is 36.4 Å². The summed E-state index contributed by atoms with van der Waals surface area (Å²) in [4.78, 5) is 31.2. The molecule has 31 heavy (non-hydrogen) atoms. The van der Waals surface area contributed by atoms with Gasteiger partial charge in [-0.1, -0.05) is 36.4 Å². The lowest BCUT2D eigenvalue weighted by molar-refractivity contribution is -0.113. The van der Waals surface area contributed by atoms with Crippen molar-refractivity contribution in [3.8, 4) is 0 Å². The summed E-state index contributed by atoms with van der Waals surface area (Å²) in [6.07, 6.45) is 0. The number of hydrogen-bond donors (Lipinski definition) is 1. The molecule has 5 nitrogen and oxygen atoms in total. The Balaban J connectivity index is 1.82. The Kier molecular flexibility index (Phi) is 5.68. The van der Waals surface area contributed by atoms with Crippen molar-refractivity contribution in [3.05, 3.63) is 101 Å². The van der Waals surface area contributed by atoms with Crippen LogP contribution in [0.3, 0.4) is 0 Å². The van der Waals surface area contributed by atoms with E-state index in [1.807, 2.05) is 25.1 Å². The van der Waals surface area contributed by atoms with Crippen LogP contribution >= 0.6 is 11.8 Å². The van der Waals surface area contributed by atoms with E-state index in [0.717, 1.165) is 5.56 Å². The van der Waals surface area contributed by atoms with Crippen molar-refractivity contribution in [2.75, 3.05) is 4.90 Å². The van der Waals surface area contributed by atoms with Gasteiger partial charge in [-0.3, -0.25) is 9.69 Å². The summed E-state index contributed by atoms with van der Waals surface area (Å²) in [6, 6.07) is 21.3. The quantitative estimate of drug-likeness (QED) is 0.535. The minimum absolute atomic E-state index is 0.112. The summed E-state index contributed by atoms with van der Waals surface area (Å²) in [7, 11) is 0. The first-order valence-corrected chi connectivity index (χ1v) is 10.2. The number of amidine groups is 1. The number of aliphatic imine (C=N–C) groups is 1. The number of hydrogen-bond acceptors (Lipinski definition) is 4. The molecular weight excluding hydrogens is 415 g/mol. The third-order valence-corrected chi connectivity index (χ3v) is 5.87. The van der Waals surface area contributed by atoms with Crippen LogP contribution in [0.4, 0.5) is 15.8 Å². The van der Waals surface area contributed by atoms with Crippen molar-refractivity contribution in [2.24, 2.45) is 4.99 Å². The lowest BCUT2D eigenvalue weighted by atomic mass is 10.1. The second kappa shape index (κ2) is 8.57. The van der Waals surface area contributed by atoms with Crippen molar-refractivity contribution < 1.29 is 19.1 Å². The molecule has 1 amide bonds. The number of nitrogens with zero attached hydrogens (tertiary/aromatic N) is 2. The summed E-state index contributed by atoms with van der Waals surface area (Å²) in [5.41, 5.74) is 2.63. The van der Waals surface area contributed by atoms with Gasteiger partial charge in [0.15, 0.2) is 5.17 Å². The number of anilines is 1. The maximum Gasteiger partial charge on any atom is 0.335 e. The molecule has 1 saturated heterocycles. The van der Waals surface area contributed by atoms with Crippen LogP contribution in [0.25, 0.3) is 5.57 Å². The second-order valence-corrected chi connectivity index (χ2v) is 7.77. The predicted molar refractivity (Wildman–Crippen MR) is 121 cm³/mol. The largest absolute Gasteiger partial charge is 0.478 e. The smallest absolute Gasteiger partial charge is 0.335 e. The summed E-state index contributed by atoms with van der Waals surface area (Å²) < 4.78 is 13.3. The molecule has 4 rings (SSSR count). The van der Waals surface area contributed by atoms with Crippen molar-refractivity contribution in [1.82, 2.24) is 0 Å².